The van der Waals surface area contributed by atoms with Gasteiger partial charge in [-0.25, -0.2) is 4.98 Å². The van der Waals surface area contributed by atoms with Gasteiger partial charge >= 0.3 is 0 Å². The van der Waals surface area contributed by atoms with Crippen LogP contribution in [0.5, 0.6) is 0 Å². The summed E-state index contributed by atoms with van der Waals surface area (Å²) in [4.78, 5) is 4.37. The first-order chi connectivity index (χ1) is 8.81. The summed E-state index contributed by atoms with van der Waals surface area (Å²) in [6.07, 6.45) is 5.28. The van der Waals surface area contributed by atoms with Crippen molar-refractivity contribution in [1.29, 1.82) is 0 Å². The fourth-order valence-corrected chi connectivity index (χ4v) is 2.54. The molecule has 4 heteroatoms. The van der Waals surface area contributed by atoms with Crippen molar-refractivity contribution in [1.82, 2.24) is 4.98 Å². The molecule has 0 amide bonds. The number of rotatable bonds is 4. The lowest BCUT2D eigenvalue weighted by Gasteiger charge is -2.07. The molecule has 0 bridgehead atoms. The molecule has 2 aromatic rings. The Morgan fingerprint density at radius 2 is 2.17 bits per heavy atom. The van der Waals surface area contributed by atoms with Gasteiger partial charge in [-0.2, -0.15) is 0 Å². The number of oxazole rings is 1. The summed E-state index contributed by atoms with van der Waals surface area (Å²) in [7, 11) is 0. The number of ether oxygens (including phenoxy) is 1. The normalized spacial score (nSPS) is 16.7. The van der Waals surface area contributed by atoms with Crippen LogP contribution in [0.1, 0.15) is 31.6 Å². The molecule has 2 N–H and O–H groups in total. The smallest absolute Gasteiger partial charge is 0.221 e. The minimum atomic E-state index is 0.449. The van der Waals surface area contributed by atoms with E-state index in [4.69, 9.17) is 14.9 Å². The first kappa shape index (κ1) is 11.5. The van der Waals surface area contributed by atoms with Crippen molar-refractivity contribution in [3.05, 3.63) is 24.1 Å². The summed E-state index contributed by atoms with van der Waals surface area (Å²) in [5.41, 5.74) is 7.96. The van der Waals surface area contributed by atoms with Crippen LogP contribution >= 0.6 is 0 Å². The van der Waals surface area contributed by atoms with Gasteiger partial charge in [0.2, 0.25) is 5.89 Å². The Hall–Kier alpha value is -1.55. The van der Waals surface area contributed by atoms with Gasteiger partial charge in [0.25, 0.3) is 0 Å². The van der Waals surface area contributed by atoms with Crippen LogP contribution in [-0.2, 0) is 11.3 Å². The third-order valence-electron chi connectivity index (χ3n) is 3.51. The first-order valence-electron chi connectivity index (χ1n) is 6.54. The Balaban J connectivity index is 1.60. The molecule has 3 rings (SSSR count). The van der Waals surface area contributed by atoms with Crippen LogP contribution in [-0.4, -0.2) is 11.6 Å². The number of benzene rings is 1. The summed E-state index contributed by atoms with van der Waals surface area (Å²) in [5, 5.41) is 0. The minimum absolute atomic E-state index is 0.449. The predicted octanol–water partition coefficient (Wildman–Crippen LogP) is 3.12. The maximum Gasteiger partial charge on any atom is 0.221 e. The van der Waals surface area contributed by atoms with E-state index >= 15 is 0 Å². The van der Waals surface area contributed by atoms with Crippen LogP contribution < -0.4 is 5.73 Å². The van der Waals surface area contributed by atoms with Crippen molar-refractivity contribution >= 4 is 16.8 Å². The van der Waals surface area contributed by atoms with Crippen molar-refractivity contribution in [2.24, 2.45) is 5.92 Å². The van der Waals surface area contributed by atoms with Crippen LogP contribution in [0.3, 0.4) is 0 Å². The highest BCUT2D eigenvalue weighted by molar-refractivity contribution is 5.76. The third kappa shape index (κ3) is 2.48. The maximum atomic E-state index is 5.70. The van der Waals surface area contributed by atoms with Gasteiger partial charge in [-0.1, -0.05) is 12.8 Å². The number of hydrogen-bond acceptors (Lipinski definition) is 4. The zero-order valence-electron chi connectivity index (χ0n) is 10.4. The summed E-state index contributed by atoms with van der Waals surface area (Å²) in [6, 6.07) is 5.49. The summed E-state index contributed by atoms with van der Waals surface area (Å²) in [6.45, 7) is 1.27. The van der Waals surface area contributed by atoms with E-state index in [1.807, 2.05) is 12.1 Å². The highest BCUT2D eigenvalue weighted by Crippen LogP contribution is 2.25. The summed E-state index contributed by atoms with van der Waals surface area (Å²) in [5.74, 6) is 1.36. The van der Waals surface area contributed by atoms with Crippen LogP contribution in [0.15, 0.2) is 22.6 Å². The Morgan fingerprint density at radius 3 is 3.00 bits per heavy atom. The Bertz CT molecular complexity index is 530. The fourth-order valence-electron chi connectivity index (χ4n) is 2.54. The monoisotopic (exact) mass is 246 g/mol. The van der Waals surface area contributed by atoms with Crippen molar-refractivity contribution in [2.45, 2.75) is 32.3 Å². The van der Waals surface area contributed by atoms with Crippen LogP contribution in [0.4, 0.5) is 5.69 Å². The molecule has 0 atom stereocenters. The second-order valence-electron chi connectivity index (χ2n) is 5.00. The van der Waals surface area contributed by atoms with E-state index in [0.29, 0.717) is 18.2 Å². The molecule has 0 spiro atoms. The molecule has 4 nitrogen and oxygen atoms in total. The fraction of sp³-hybridized carbons (Fsp3) is 0.500. The molecular formula is C14H18N2O2. The largest absolute Gasteiger partial charge is 0.438 e. The predicted molar refractivity (Wildman–Crippen MR) is 70.0 cm³/mol. The lowest BCUT2D eigenvalue weighted by molar-refractivity contribution is 0.0752. The molecule has 1 aromatic heterocycles. The number of fused-ring (bicyclic) bond motifs is 1. The zero-order valence-corrected chi connectivity index (χ0v) is 10.4. The Labute approximate surface area is 106 Å². The van der Waals surface area contributed by atoms with E-state index in [2.05, 4.69) is 4.98 Å². The van der Waals surface area contributed by atoms with E-state index in [1.54, 1.807) is 6.07 Å². The van der Waals surface area contributed by atoms with E-state index in [1.165, 1.54) is 25.7 Å². The molecule has 0 aliphatic heterocycles. The highest BCUT2D eigenvalue weighted by atomic mass is 16.5. The van der Waals surface area contributed by atoms with Gasteiger partial charge in [0.1, 0.15) is 12.1 Å². The quantitative estimate of drug-likeness (QED) is 0.842. The average molecular weight is 246 g/mol. The van der Waals surface area contributed by atoms with Gasteiger partial charge in [-0.15, -0.1) is 0 Å². The van der Waals surface area contributed by atoms with Gasteiger partial charge in [0.05, 0.1) is 6.61 Å². The molecule has 1 saturated carbocycles. The van der Waals surface area contributed by atoms with Gasteiger partial charge in [-0.05, 0) is 30.9 Å². The topological polar surface area (TPSA) is 61.3 Å². The Morgan fingerprint density at radius 1 is 1.33 bits per heavy atom. The summed E-state index contributed by atoms with van der Waals surface area (Å²) >= 11 is 0. The van der Waals surface area contributed by atoms with Gasteiger partial charge in [0.15, 0.2) is 5.58 Å². The highest BCUT2D eigenvalue weighted by Gasteiger charge is 2.15. The third-order valence-corrected chi connectivity index (χ3v) is 3.51. The zero-order chi connectivity index (χ0) is 12.4. The molecule has 1 heterocycles. The standard InChI is InChI=1S/C14H18N2O2/c15-11-5-6-12-13(7-11)18-14(16-12)9-17-8-10-3-1-2-4-10/h5-7,10H,1-4,8-9,15H2. The molecule has 1 fully saturated rings. The van der Waals surface area contributed by atoms with E-state index in [0.717, 1.165) is 23.6 Å². The summed E-state index contributed by atoms with van der Waals surface area (Å²) < 4.78 is 11.3. The molecule has 0 unspecified atom stereocenters. The lowest BCUT2D eigenvalue weighted by atomic mass is 10.1. The van der Waals surface area contributed by atoms with Crippen molar-refractivity contribution in [3.8, 4) is 0 Å². The van der Waals surface area contributed by atoms with E-state index in [9.17, 15) is 0 Å². The van der Waals surface area contributed by atoms with Crippen LogP contribution in [0.2, 0.25) is 0 Å². The van der Waals surface area contributed by atoms with Crippen molar-refractivity contribution in [3.63, 3.8) is 0 Å². The average Bonchev–Trinajstić information content (AvgIpc) is 2.97. The van der Waals surface area contributed by atoms with Crippen molar-refractivity contribution < 1.29 is 9.15 Å². The number of anilines is 1. The molecule has 18 heavy (non-hydrogen) atoms. The van der Waals surface area contributed by atoms with Gasteiger partial charge < -0.3 is 14.9 Å². The molecule has 96 valence electrons. The lowest BCUT2D eigenvalue weighted by Crippen LogP contribution is -2.05. The van der Waals surface area contributed by atoms with E-state index < -0.39 is 0 Å². The SMILES string of the molecule is Nc1ccc2nc(COCC3CCCC3)oc2c1. The second kappa shape index (κ2) is 4.98. The molecular weight excluding hydrogens is 228 g/mol. The maximum absolute atomic E-state index is 5.70. The van der Waals surface area contributed by atoms with Crippen molar-refractivity contribution in [2.75, 3.05) is 12.3 Å². The first-order valence-corrected chi connectivity index (χ1v) is 6.54. The molecule has 0 radical (unpaired) electrons. The molecule has 1 aliphatic rings. The molecule has 1 aromatic carbocycles. The number of aromatic nitrogens is 1. The second-order valence-corrected chi connectivity index (χ2v) is 5.00. The number of nitrogens with two attached hydrogens (primary N) is 1. The van der Waals surface area contributed by atoms with E-state index in [-0.39, 0.29) is 0 Å². The number of nitrogen functional groups attached to an aromatic ring is 1. The Kier molecular flexibility index (Phi) is 3.19. The van der Waals surface area contributed by atoms with Gasteiger partial charge in [0, 0.05) is 11.8 Å². The number of hydrogen-bond donors (Lipinski definition) is 1. The van der Waals surface area contributed by atoms with Gasteiger partial charge in [-0.3, -0.25) is 0 Å². The molecule has 0 saturated heterocycles. The molecule has 1 aliphatic carbocycles. The minimum Gasteiger partial charge on any atom is -0.438 e. The van der Waals surface area contributed by atoms with Crippen LogP contribution in [0, 0.1) is 5.92 Å². The number of nitrogens with zero attached hydrogens (tertiary/aromatic N) is 1. The van der Waals surface area contributed by atoms with Crippen LogP contribution in [0.25, 0.3) is 11.1 Å².